The second-order valence-electron chi connectivity index (χ2n) is 5.02. The molecule has 0 atom stereocenters. The summed E-state index contributed by atoms with van der Waals surface area (Å²) in [5, 5.41) is 9.11. The van der Waals surface area contributed by atoms with Gasteiger partial charge in [0.05, 0.1) is 31.9 Å². The minimum absolute atomic E-state index is 0.00210. The minimum Gasteiger partial charge on any atom is -0.481 e. The largest absolute Gasteiger partial charge is 0.481 e. The van der Waals surface area contributed by atoms with Crippen LogP contribution in [-0.2, 0) is 6.42 Å². The average molecular weight is 326 g/mol. The predicted molar refractivity (Wildman–Crippen MR) is 87.0 cm³/mol. The highest BCUT2D eigenvalue weighted by Crippen LogP contribution is 2.16. The molecule has 0 N–H and O–H groups in total. The Hall–Kier alpha value is -3.14. The van der Waals surface area contributed by atoms with Gasteiger partial charge in [0.2, 0.25) is 17.6 Å². The Morgan fingerprint density at radius 3 is 2.42 bits per heavy atom. The third-order valence-electron chi connectivity index (χ3n) is 3.49. The maximum atomic E-state index is 12.5. The van der Waals surface area contributed by atoms with E-state index >= 15 is 0 Å². The van der Waals surface area contributed by atoms with Gasteiger partial charge in [-0.3, -0.25) is 4.79 Å². The van der Waals surface area contributed by atoms with Crippen molar-refractivity contribution in [3.8, 4) is 17.8 Å². The third-order valence-corrected chi connectivity index (χ3v) is 3.49. The van der Waals surface area contributed by atoms with Crippen molar-refractivity contribution in [2.45, 2.75) is 6.42 Å². The summed E-state index contributed by atoms with van der Waals surface area (Å²) in [7, 11) is 4.57. The highest BCUT2D eigenvalue weighted by atomic mass is 16.5. The first-order valence-corrected chi connectivity index (χ1v) is 7.29. The van der Waals surface area contributed by atoms with Gasteiger partial charge in [-0.1, -0.05) is 18.2 Å². The Morgan fingerprint density at radius 1 is 1.21 bits per heavy atom. The molecule has 0 saturated carbocycles. The zero-order valence-corrected chi connectivity index (χ0v) is 13.8. The molecule has 0 spiro atoms. The van der Waals surface area contributed by atoms with Crippen LogP contribution in [0.25, 0.3) is 0 Å². The highest BCUT2D eigenvalue weighted by Gasteiger charge is 2.18. The van der Waals surface area contributed by atoms with Gasteiger partial charge in [0.15, 0.2) is 0 Å². The van der Waals surface area contributed by atoms with Crippen LogP contribution in [0.5, 0.6) is 11.8 Å². The van der Waals surface area contributed by atoms with Crippen LogP contribution in [0.4, 0.5) is 0 Å². The van der Waals surface area contributed by atoms with Crippen molar-refractivity contribution < 1.29 is 14.3 Å². The molecule has 2 rings (SSSR count). The van der Waals surface area contributed by atoms with E-state index in [0.717, 1.165) is 5.56 Å². The summed E-state index contributed by atoms with van der Waals surface area (Å²) in [6.07, 6.45) is 0.563. The molecule has 124 valence electrons. The normalized spacial score (nSPS) is 9.92. The van der Waals surface area contributed by atoms with E-state index < -0.39 is 0 Å². The van der Waals surface area contributed by atoms with E-state index in [1.54, 1.807) is 13.1 Å². The number of nitrogens with zero attached hydrogens (tertiary/aromatic N) is 4. The summed E-state index contributed by atoms with van der Waals surface area (Å²) < 4.78 is 10.1. The summed E-state index contributed by atoms with van der Waals surface area (Å²) in [5.41, 5.74) is 1.50. The van der Waals surface area contributed by atoms with Gasteiger partial charge in [-0.2, -0.15) is 15.2 Å². The molecular formula is C17H18N4O3. The Labute approximate surface area is 140 Å². The van der Waals surface area contributed by atoms with E-state index in [9.17, 15) is 4.79 Å². The molecule has 0 saturated heterocycles. The molecule has 1 heterocycles. The van der Waals surface area contributed by atoms with Crippen LogP contribution >= 0.6 is 0 Å². The van der Waals surface area contributed by atoms with E-state index in [-0.39, 0.29) is 23.5 Å². The minimum atomic E-state index is -0.346. The van der Waals surface area contributed by atoms with Crippen molar-refractivity contribution in [2.24, 2.45) is 0 Å². The average Bonchev–Trinajstić information content (AvgIpc) is 2.64. The number of methoxy groups -OCH3 is 2. The van der Waals surface area contributed by atoms with Crippen LogP contribution in [0.2, 0.25) is 0 Å². The number of aromatic nitrogens is 2. The second-order valence-corrected chi connectivity index (χ2v) is 5.02. The molecule has 0 fully saturated rings. The zero-order valence-electron chi connectivity index (χ0n) is 13.8. The van der Waals surface area contributed by atoms with E-state index in [0.29, 0.717) is 18.5 Å². The molecule has 0 radical (unpaired) electrons. The summed E-state index contributed by atoms with van der Waals surface area (Å²) >= 11 is 0. The predicted octanol–water partition coefficient (Wildman–Crippen LogP) is 1.68. The molecule has 0 aliphatic carbocycles. The maximum absolute atomic E-state index is 12.5. The number of rotatable bonds is 6. The van der Waals surface area contributed by atoms with Crippen LogP contribution in [0, 0.1) is 11.3 Å². The van der Waals surface area contributed by atoms with E-state index in [1.165, 1.54) is 25.2 Å². The molecule has 7 heteroatoms. The molecule has 1 aromatic heterocycles. The molecule has 1 amide bonds. The number of amides is 1. The Kier molecular flexibility index (Phi) is 5.68. The molecule has 24 heavy (non-hydrogen) atoms. The third kappa shape index (κ3) is 3.98. The lowest BCUT2D eigenvalue weighted by Crippen LogP contribution is -2.30. The van der Waals surface area contributed by atoms with Gasteiger partial charge in [-0.05, 0) is 18.1 Å². The molecule has 0 unspecified atom stereocenters. The van der Waals surface area contributed by atoms with Gasteiger partial charge >= 0.3 is 0 Å². The van der Waals surface area contributed by atoms with Gasteiger partial charge in [0.1, 0.15) is 0 Å². The first-order chi connectivity index (χ1) is 11.6. The molecule has 2 aromatic rings. The van der Waals surface area contributed by atoms with Crippen LogP contribution in [0.1, 0.15) is 21.7 Å². The van der Waals surface area contributed by atoms with E-state index in [1.807, 2.05) is 18.2 Å². The van der Waals surface area contributed by atoms with Gasteiger partial charge < -0.3 is 14.4 Å². The summed E-state index contributed by atoms with van der Waals surface area (Å²) in [4.78, 5) is 22.1. The molecule has 0 aliphatic heterocycles. The van der Waals surface area contributed by atoms with Crippen molar-refractivity contribution in [3.63, 3.8) is 0 Å². The number of carbonyl (C=O) groups is 1. The monoisotopic (exact) mass is 326 g/mol. The van der Waals surface area contributed by atoms with E-state index in [4.69, 9.17) is 14.7 Å². The number of nitriles is 1. The van der Waals surface area contributed by atoms with Gasteiger partial charge in [0, 0.05) is 13.6 Å². The lowest BCUT2D eigenvalue weighted by atomic mass is 10.1. The first-order valence-electron chi connectivity index (χ1n) is 7.29. The van der Waals surface area contributed by atoms with Gasteiger partial charge in [0.25, 0.3) is 5.91 Å². The van der Waals surface area contributed by atoms with Crippen molar-refractivity contribution in [1.29, 1.82) is 5.26 Å². The number of hydrogen-bond donors (Lipinski definition) is 0. The summed E-state index contributed by atoms with van der Waals surface area (Å²) in [6, 6.07) is 11.0. The number of ether oxygens (including phenoxy) is 2. The Balaban J connectivity index is 2.11. The smallest absolute Gasteiger partial charge is 0.291 e. The second kappa shape index (κ2) is 7.92. The molecule has 1 aromatic carbocycles. The quantitative estimate of drug-likeness (QED) is 0.802. The molecular weight excluding hydrogens is 308 g/mol. The fourth-order valence-electron chi connectivity index (χ4n) is 2.12. The Bertz CT molecular complexity index is 748. The fourth-order valence-corrected chi connectivity index (χ4v) is 2.12. The van der Waals surface area contributed by atoms with Gasteiger partial charge in [-0.25, -0.2) is 0 Å². The molecule has 0 bridgehead atoms. The van der Waals surface area contributed by atoms with Crippen LogP contribution < -0.4 is 9.47 Å². The zero-order chi connectivity index (χ0) is 17.5. The standard InChI is InChI=1S/C17H18N4O3/c1-21(9-8-12-6-4-5-7-13(12)11-18)17(22)16-19-14(23-2)10-15(20-16)24-3/h4-7,10H,8-9H2,1-3H3. The lowest BCUT2D eigenvalue weighted by Gasteiger charge is -2.17. The number of benzene rings is 1. The maximum Gasteiger partial charge on any atom is 0.291 e. The topological polar surface area (TPSA) is 88.3 Å². The summed E-state index contributed by atoms with van der Waals surface area (Å²) in [5.74, 6) is 0.172. The Morgan fingerprint density at radius 2 is 1.83 bits per heavy atom. The van der Waals surface area contributed by atoms with Crippen LogP contribution in [-0.4, -0.2) is 48.6 Å². The van der Waals surface area contributed by atoms with Crippen LogP contribution in [0.3, 0.4) is 0 Å². The van der Waals surface area contributed by atoms with Crippen molar-refractivity contribution >= 4 is 5.91 Å². The lowest BCUT2D eigenvalue weighted by molar-refractivity contribution is 0.0782. The fraction of sp³-hybridized carbons (Fsp3) is 0.294. The van der Waals surface area contributed by atoms with Gasteiger partial charge in [-0.15, -0.1) is 0 Å². The number of hydrogen-bond acceptors (Lipinski definition) is 6. The molecule has 7 nitrogen and oxygen atoms in total. The van der Waals surface area contributed by atoms with Crippen molar-refractivity contribution in [2.75, 3.05) is 27.8 Å². The first kappa shape index (κ1) is 17.2. The molecule has 0 aliphatic rings. The number of likely N-dealkylation sites (N-methyl/N-ethyl adjacent to an activating group) is 1. The van der Waals surface area contributed by atoms with Crippen LogP contribution in [0.15, 0.2) is 30.3 Å². The van der Waals surface area contributed by atoms with E-state index in [2.05, 4.69) is 16.0 Å². The number of carbonyl (C=O) groups excluding carboxylic acids is 1. The summed E-state index contributed by atoms with van der Waals surface area (Å²) in [6.45, 7) is 0.431. The van der Waals surface area contributed by atoms with Crippen molar-refractivity contribution in [1.82, 2.24) is 14.9 Å². The SMILES string of the molecule is COc1cc(OC)nc(C(=O)N(C)CCc2ccccc2C#N)n1. The highest BCUT2D eigenvalue weighted by molar-refractivity contribution is 5.90. The van der Waals surface area contributed by atoms with Crippen molar-refractivity contribution in [3.05, 3.63) is 47.3 Å².